The molecule has 1 heterocycles. The van der Waals surface area contributed by atoms with Gasteiger partial charge in [0.15, 0.2) is 0 Å². The summed E-state index contributed by atoms with van der Waals surface area (Å²) in [6, 6.07) is 3.25. The highest BCUT2D eigenvalue weighted by molar-refractivity contribution is 5.97. The van der Waals surface area contributed by atoms with E-state index in [2.05, 4.69) is 9.72 Å². The number of aromatic nitrogens is 1. The van der Waals surface area contributed by atoms with Crippen molar-refractivity contribution in [2.75, 3.05) is 27.3 Å². The second kappa shape index (κ2) is 6.58. The minimum absolute atomic E-state index is 0.0934. The van der Waals surface area contributed by atoms with E-state index in [-0.39, 0.29) is 18.3 Å². The minimum atomic E-state index is -0.465. The van der Waals surface area contributed by atoms with E-state index in [0.717, 1.165) is 0 Å². The Morgan fingerprint density at radius 2 is 2.11 bits per heavy atom. The van der Waals surface area contributed by atoms with Crippen LogP contribution in [0, 0.1) is 0 Å². The number of esters is 1. The predicted molar refractivity (Wildman–Crippen MR) is 64.4 cm³/mol. The predicted octanol–water partition coefficient (Wildman–Crippen LogP) is 0.725. The first-order valence-electron chi connectivity index (χ1n) is 5.49. The molecule has 0 bridgehead atoms. The zero-order valence-electron chi connectivity index (χ0n) is 10.7. The van der Waals surface area contributed by atoms with E-state index in [9.17, 15) is 9.59 Å². The SMILES string of the molecule is CCN(CC(=O)OC)C(=O)c1cccnc1OC. The van der Waals surface area contributed by atoms with Crippen molar-refractivity contribution < 1.29 is 19.1 Å². The summed E-state index contributed by atoms with van der Waals surface area (Å²) in [6.07, 6.45) is 1.53. The summed E-state index contributed by atoms with van der Waals surface area (Å²) in [5.41, 5.74) is 0.325. The van der Waals surface area contributed by atoms with Gasteiger partial charge >= 0.3 is 5.97 Å². The molecule has 1 aromatic heterocycles. The maximum Gasteiger partial charge on any atom is 0.325 e. The molecule has 0 atom stereocenters. The number of carbonyl (C=O) groups is 2. The molecule has 0 aliphatic rings. The Morgan fingerprint density at radius 1 is 1.39 bits per heavy atom. The van der Waals surface area contributed by atoms with E-state index < -0.39 is 5.97 Å². The first kappa shape index (κ1) is 14.0. The van der Waals surface area contributed by atoms with E-state index >= 15 is 0 Å². The van der Waals surface area contributed by atoms with Gasteiger partial charge in [-0.2, -0.15) is 0 Å². The molecule has 18 heavy (non-hydrogen) atoms. The van der Waals surface area contributed by atoms with Gasteiger partial charge in [0.1, 0.15) is 12.1 Å². The zero-order chi connectivity index (χ0) is 13.5. The number of hydrogen-bond acceptors (Lipinski definition) is 5. The van der Waals surface area contributed by atoms with Crippen LogP contribution in [0.4, 0.5) is 0 Å². The monoisotopic (exact) mass is 252 g/mol. The number of amides is 1. The van der Waals surface area contributed by atoms with E-state index in [4.69, 9.17) is 4.74 Å². The Morgan fingerprint density at radius 3 is 2.67 bits per heavy atom. The van der Waals surface area contributed by atoms with Crippen LogP contribution in [-0.2, 0) is 9.53 Å². The Balaban J connectivity index is 2.92. The van der Waals surface area contributed by atoms with Crippen molar-refractivity contribution in [2.45, 2.75) is 6.92 Å². The fourth-order valence-electron chi connectivity index (χ4n) is 1.43. The molecule has 6 heteroatoms. The highest BCUT2D eigenvalue weighted by Gasteiger charge is 2.21. The zero-order valence-corrected chi connectivity index (χ0v) is 10.7. The van der Waals surface area contributed by atoms with Crippen molar-refractivity contribution in [2.24, 2.45) is 0 Å². The van der Waals surface area contributed by atoms with Crippen molar-refractivity contribution in [1.82, 2.24) is 9.88 Å². The molecule has 0 fully saturated rings. The number of nitrogens with zero attached hydrogens (tertiary/aromatic N) is 2. The van der Waals surface area contributed by atoms with Crippen molar-refractivity contribution in [3.63, 3.8) is 0 Å². The molecule has 98 valence electrons. The van der Waals surface area contributed by atoms with Crippen LogP contribution >= 0.6 is 0 Å². The van der Waals surface area contributed by atoms with Crippen LogP contribution in [0.25, 0.3) is 0 Å². The molecule has 0 saturated heterocycles. The Kier molecular flexibility index (Phi) is 5.10. The fraction of sp³-hybridized carbons (Fsp3) is 0.417. The maximum atomic E-state index is 12.2. The van der Waals surface area contributed by atoms with Crippen molar-refractivity contribution in [3.05, 3.63) is 23.9 Å². The number of ether oxygens (including phenoxy) is 2. The van der Waals surface area contributed by atoms with Gasteiger partial charge in [-0.25, -0.2) is 4.98 Å². The smallest absolute Gasteiger partial charge is 0.325 e. The maximum absolute atomic E-state index is 12.2. The minimum Gasteiger partial charge on any atom is -0.480 e. The molecule has 6 nitrogen and oxygen atoms in total. The van der Waals surface area contributed by atoms with Gasteiger partial charge in [-0.15, -0.1) is 0 Å². The average molecular weight is 252 g/mol. The third-order valence-corrected chi connectivity index (χ3v) is 2.41. The summed E-state index contributed by atoms with van der Waals surface area (Å²) < 4.78 is 9.56. The largest absolute Gasteiger partial charge is 0.480 e. The Hall–Kier alpha value is -2.11. The van der Waals surface area contributed by atoms with Crippen molar-refractivity contribution in [3.8, 4) is 5.88 Å². The standard InChI is InChI=1S/C12H16N2O4/c1-4-14(8-10(15)17-2)12(16)9-6-5-7-13-11(9)18-3/h5-7H,4,8H2,1-3H3. The Bertz CT molecular complexity index is 434. The summed E-state index contributed by atoms with van der Waals surface area (Å²) in [4.78, 5) is 28.7. The van der Waals surface area contributed by atoms with Gasteiger partial charge < -0.3 is 14.4 Å². The molecule has 0 saturated carbocycles. The second-order valence-corrected chi connectivity index (χ2v) is 3.46. The summed E-state index contributed by atoms with van der Waals surface area (Å²) in [5, 5.41) is 0. The number of likely N-dealkylation sites (N-methyl/N-ethyl adjacent to an activating group) is 1. The lowest BCUT2D eigenvalue weighted by Gasteiger charge is -2.20. The summed E-state index contributed by atoms with van der Waals surface area (Å²) >= 11 is 0. The normalized spacial score (nSPS) is 9.72. The van der Waals surface area contributed by atoms with E-state index in [0.29, 0.717) is 12.1 Å². The van der Waals surface area contributed by atoms with E-state index in [1.807, 2.05) is 0 Å². The van der Waals surface area contributed by atoms with Crippen molar-refractivity contribution in [1.29, 1.82) is 0 Å². The molecule has 0 unspecified atom stereocenters. The molecule has 0 aliphatic heterocycles. The van der Waals surface area contributed by atoms with Crippen LogP contribution in [0.2, 0.25) is 0 Å². The lowest BCUT2D eigenvalue weighted by molar-refractivity contribution is -0.141. The van der Waals surface area contributed by atoms with Crippen LogP contribution in [-0.4, -0.2) is 49.1 Å². The molecule has 1 amide bonds. The van der Waals surface area contributed by atoms with Crippen LogP contribution < -0.4 is 4.74 Å². The van der Waals surface area contributed by atoms with Crippen LogP contribution in [0.5, 0.6) is 5.88 Å². The van der Waals surface area contributed by atoms with Gasteiger partial charge in [0.25, 0.3) is 5.91 Å². The molecule has 0 N–H and O–H groups in total. The quantitative estimate of drug-likeness (QED) is 0.722. The van der Waals surface area contributed by atoms with Crippen LogP contribution in [0.15, 0.2) is 18.3 Å². The number of pyridine rings is 1. The molecule has 0 spiro atoms. The van der Waals surface area contributed by atoms with Gasteiger partial charge in [0.2, 0.25) is 5.88 Å². The van der Waals surface area contributed by atoms with Crippen LogP contribution in [0.1, 0.15) is 17.3 Å². The highest BCUT2D eigenvalue weighted by Crippen LogP contribution is 2.16. The molecule has 1 aromatic rings. The van der Waals surface area contributed by atoms with Crippen molar-refractivity contribution >= 4 is 11.9 Å². The summed E-state index contributed by atoms with van der Waals surface area (Å²) in [5.74, 6) is -0.535. The van der Waals surface area contributed by atoms with Gasteiger partial charge in [-0.05, 0) is 19.1 Å². The molecular weight excluding hydrogens is 236 g/mol. The van der Waals surface area contributed by atoms with Crippen LogP contribution in [0.3, 0.4) is 0 Å². The van der Waals surface area contributed by atoms with Gasteiger partial charge in [0.05, 0.1) is 14.2 Å². The molecule has 0 aromatic carbocycles. The van der Waals surface area contributed by atoms with Gasteiger partial charge in [0, 0.05) is 12.7 Å². The van der Waals surface area contributed by atoms with E-state index in [1.165, 1.54) is 25.3 Å². The number of carbonyl (C=O) groups excluding carboxylic acids is 2. The lowest BCUT2D eigenvalue weighted by Crippen LogP contribution is -2.36. The lowest BCUT2D eigenvalue weighted by atomic mass is 10.2. The summed E-state index contributed by atoms with van der Waals surface area (Å²) in [6.45, 7) is 2.08. The molecule has 1 rings (SSSR count). The second-order valence-electron chi connectivity index (χ2n) is 3.46. The number of rotatable bonds is 5. The topological polar surface area (TPSA) is 68.7 Å². The summed E-state index contributed by atoms with van der Waals surface area (Å²) in [7, 11) is 2.72. The Labute approximate surface area is 106 Å². The van der Waals surface area contributed by atoms with Gasteiger partial charge in [-0.1, -0.05) is 0 Å². The number of methoxy groups -OCH3 is 2. The van der Waals surface area contributed by atoms with Gasteiger partial charge in [-0.3, -0.25) is 9.59 Å². The third-order valence-electron chi connectivity index (χ3n) is 2.41. The average Bonchev–Trinajstić information content (AvgIpc) is 2.43. The molecule has 0 radical (unpaired) electrons. The van der Waals surface area contributed by atoms with E-state index in [1.54, 1.807) is 19.1 Å². The highest BCUT2D eigenvalue weighted by atomic mass is 16.5. The fourth-order valence-corrected chi connectivity index (χ4v) is 1.43. The first-order chi connectivity index (χ1) is 8.63. The third kappa shape index (κ3) is 3.19. The molecule has 0 aliphatic carbocycles. The molecular formula is C12H16N2O4. The first-order valence-corrected chi connectivity index (χ1v) is 5.49. The number of hydrogen-bond donors (Lipinski definition) is 0.